The second-order valence-electron chi connectivity index (χ2n) is 3.55. The highest BCUT2D eigenvalue weighted by molar-refractivity contribution is 5.16. The third kappa shape index (κ3) is 3.41. The molecule has 0 aliphatic carbocycles. The van der Waals surface area contributed by atoms with E-state index in [1.165, 1.54) is 0 Å². The summed E-state index contributed by atoms with van der Waals surface area (Å²) in [7, 11) is 0. The van der Waals surface area contributed by atoms with Crippen molar-refractivity contribution in [2.24, 2.45) is 0 Å². The fraction of sp³-hybridized carbons (Fsp3) is 0.727. The van der Waals surface area contributed by atoms with Gasteiger partial charge in [0.2, 0.25) is 5.95 Å². The zero-order chi connectivity index (χ0) is 12.0. The van der Waals surface area contributed by atoms with Gasteiger partial charge in [0, 0.05) is 13.0 Å². The van der Waals surface area contributed by atoms with Crippen LogP contribution in [0.2, 0.25) is 0 Å². The second-order valence-corrected chi connectivity index (χ2v) is 3.55. The molecule has 16 heavy (non-hydrogen) atoms. The molecule has 0 bridgehead atoms. The Kier molecular flexibility index (Phi) is 5.11. The van der Waals surface area contributed by atoms with Crippen molar-refractivity contribution in [3.05, 3.63) is 11.6 Å². The lowest BCUT2D eigenvalue weighted by Crippen LogP contribution is -2.13. The van der Waals surface area contributed by atoms with Gasteiger partial charge in [0.05, 0.1) is 0 Å². The van der Waals surface area contributed by atoms with Crippen LogP contribution in [0.15, 0.2) is 0 Å². The second kappa shape index (κ2) is 6.37. The zero-order valence-electron chi connectivity index (χ0n) is 10.2. The van der Waals surface area contributed by atoms with Crippen LogP contribution in [0, 0.1) is 0 Å². The molecule has 90 valence electrons. The molecule has 2 N–H and O–H groups in total. The van der Waals surface area contributed by atoms with Gasteiger partial charge in [-0.3, -0.25) is 0 Å². The lowest BCUT2D eigenvalue weighted by atomic mass is 10.2. The van der Waals surface area contributed by atoms with Gasteiger partial charge >= 0.3 is 0 Å². The van der Waals surface area contributed by atoms with Crippen molar-refractivity contribution in [1.29, 1.82) is 0 Å². The van der Waals surface area contributed by atoms with Crippen LogP contribution in [-0.2, 0) is 11.2 Å². The molecule has 5 heteroatoms. The highest BCUT2D eigenvalue weighted by Crippen LogP contribution is 2.19. The Bertz CT molecular complexity index is 324. The molecular weight excluding hydrogens is 204 g/mol. The fourth-order valence-corrected chi connectivity index (χ4v) is 1.51. The molecular formula is C11H20N4O. The zero-order valence-corrected chi connectivity index (χ0v) is 10.2. The fourth-order valence-electron chi connectivity index (χ4n) is 1.51. The molecule has 0 radical (unpaired) electrons. The van der Waals surface area contributed by atoms with Crippen LogP contribution in [0.3, 0.4) is 0 Å². The first-order valence-corrected chi connectivity index (χ1v) is 5.83. The van der Waals surface area contributed by atoms with Gasteiger partial charge in [0.1, 0.15) is 11.9 Å². The maximum atomic E-state index is 5.65. The van der Waals surface area contributed by atoms with Crippen LogP contribution >= 0.6 is 0 Å². The summed E-state index contributed by atoms with van der Waals surface area (Å²) in [4.78, 5) is 12.6. The lowest BCUT2D eigenvalue weighted by molar-refractivity contribution is 0.0491. The lowest BCUT2D eigenvalue weighted by Gasteiger charge is -2.15. The number of rotatable bonds is 6. The van der Waals surface area contributed by atoms with E-state index in [0.29, 0.717) is 12.4 Å². The number of nitrogens with two attached hydrogens (primary N) is 1. The minimum atomic E-state index is -0.0643. The predicted molar refractivity (Wildman–Crippen MR) is 62.9 cm³/mol. The van der Waals surface area contributed by atoms with E-state index in [9.17, 15) is 0 Å². The number of aromatic nitrogens is 3. The summed E-state index contributed by atoms with van der Waals surface area (Å²) in [6, 6.07) is 0. The number of hydrogen-bond acceptors (Lipinski definition) is 5. The van der Waals surface area contributed by atoms with E-state index < -0.39 is 0 Å². The summed E-state index contributed by atoms with van der Waals surface area (Å²) in [6.45, 7) is 6.72. The first kappa shape index (κ1) is 12.8. The quantitative estimate of drug-likeness (QED) is 0.798. The summed E-state index contributed by atoms with van der Waals surface area (Å²) < 4.78 is 5.61. The molecule has 0 aliphatic heterocycles. The van der Waals surface area contributed by atoms with Crippen LogP contribution in [0.1, 0.15) is 51.4 Å². The third-order valence-corrected chi connectivity index (χ3v) is 2.24. The smallest absolute Gasteiger partial charge is 0.223 e. The van der Waals surface area contributed by atoms with Crippen molar-refractivity contribution in [2.75, 3.05) is 12.3 Å². The van der Waals surface area contributed by atoms with E-state index in [2.05, 4.69) is 21.9 Å². The molecule has 0 amide bonds. The molecule has 0 aromatic carbocycles. The molecule has 1 unspecified atom stereocenters. The van der Waals surface area contributed by atoms with Gasteiger partial charge in [-0.25, -0.2) is 4.98 Å². The van der Waals surface area contributed by atoms with Crippen molar-refractivity contribution in [3.8, 4) is 0 Å². The van der Waals surface area contributed by atoms with Crippen LogP contribution < -0.4 is 5.73 Å². The monoisotopic (exact) mass is 224 g/mol. The van der Waals surface area contributed by atoms with E-state index in [1.54, 1.807) is 0 Å². The van der Waals surface area contributed by atoms with Crippen LogP contribution in [0.4, 0.5) is 5.95 Å². The molecule has 0 aliphatic rings. The first-order chi connectivity index (χ1) is 7.71. The summed E-state index contributed by atoms with van der Waals surface area (Å²) in [6.07, 6.45) is 2.62. The van der Waals surface area contributed by atoms with Gasteiger partial charge in [-0.1, -0.05) is 20.3 Å². The Morgan fingerprint density at radius 1 is 1.19 bits per heavy atom. The Morgan fingerprint density at radius 3 is 2.50 bits per heavy atom. The van der Waals surface area contributed by atoms with E-state index in [1.807, 2.05) is 13.8 Å². The molecule has 1 atom stereocenters. The molecule has 1 rings (SSSR count). The van der Waals surface area contributed by atoms with Crippen LogP contribution in [0.5, 0.6) is 0 Å². The summed E-state index contributed by atoms with van der Waals surface area (Å²) in [5.74, 6) is 1.67. The Balaban J connectivity index is 2.93. The molecule has 0 saturated carbocycles. The SMILES string of the molecule is CCCC(OCC)c1nc(N)nc(CC)n1. The first-order valence-electron chi connectivity index (χ1n) is 5.83. The Hall–Kier alpha value is -1.23. The topological polar surface area (TPSA) is 73.9 Å². The normalized spacial score (nSPS) is 12.7. The molecule has 0 spiro atoms. The van der Waals surface area contributed by atoms with Crippen LogP contribution in [-0.4, -0.2) is 21.6 Å². The summed E-state index contributed by atoms with van der Waals surface area (Å²) in [5, 5.41) is 0. The minimum Gasteiger partial charge on any atom is -0.371 e. The summed E-state index contributed by atoms with van der Waals surface area (Å²) >= 11 is 0. The van der Waals surface area contributed by atoms with Gasteiger partial charge in [-0.2, -0.15) is 9.97 Å². The van der Waals surface area contributed by atoms with E-state index in [-0.39, 0.29) is 12.1 Å². The van der Waals surface area contributed by atoms with Gasteiger partial charge in [0.25, 0.3) is 0 Å². The molecule has 1 aromatic heterocycles. The highest BCUT2D eigenvalue weighted by atomic mass is 16.5. The van der Waals surface area contributed by atoms with Gasteiger partial charge < -0.3 is 10.5 Å². The van der Waals surface area contributed by atoms with Gasteiger partial charge in [-0.05, 0) is 13.3 Å². The van der Waals surface area contributed by atoms with Gasteiger partial charge in [0.15, 0.2) is 5.82 Å². The summed E-state index contributed by atoms with van der Waals surface area (Å²) in [5.41, 5.74) is 5.65. The average molecular weight is 224 g/mol. The number of hydrogen-bond donors (Lipinski definition) is 1. The van der Waals surface area contributed by atoms with E-state index >= 15 is 0 Å². The number of anilines is 1. The number of nitrogen functional groups attached to an aromatic ring is 1. The minimum absolute atomic E-state index is 0.0643. The van der Waals surface area contributed by atoms with Crippen molar-refractivity contribution in [2.45, 2.75) is 46.1 Å². The third-order valence-electron chi connectivity index (χ3n) is 2.24. The van der Waals surface area contributed by atoms with Crippen molar-refractivity contribution < 1.29 is 4.74 Å². The molecule has 1 aromatic rings. The largest absolute Gasteiger partial charge is 0.371 e. The Labute approximate surface area is 96.5 Å². The maximum absolute atomic E-state index is 5.65. The Morgan fingerprint density at radius 2 is 1.94 bits per heavy atom. The number of aryl methyl sites for hydroxylation is 1. The molecule has 0 saturated heterocycles. The highest BCUT2D eigenvalue weighted by Gasteiger charge is 2.15. The van der Waals surface area contributed by atoms with Crippen molar-refractivity contribution >= 4 is 5.95 Å². The predicted octanol–water partition coefficient (Wildman–Crippen LogP) is 1.89. The standard InChI is InChI=1S/C11H20N4O/c1-4-7-8(16-6-3)10-13-9(5-2)14-11(12)15-10/h8H,4-7H2,1-3H3,(H2,12,13,14,15). The van der Waals surface area contributed by atoms with Crippen LogP contribution in [0.25, 0.3) is 0 Å². The van der Waals surface area contributed by atoms with Crippen molar-refractivity contribution in [3.63, 3.8) is 0 Å². The van der Waals surface area contributed by atoms with E-state index in [0.717, 1.165) is 25.1 Å². The van der Waals surface area contributed by atoms with Crippen molar-refractivity contribution in [1.82, 2.24) is 15.0 Å². The molecule has 5 nitrogen and oxygen atoms in total. The maximum Gasteiger partial charge on any atom is 0.223 e. The van der Waals surface area contributed by atoms with E-state index in [4.69, 9.17) is 10.5 Å². The average Bonchev–Trinajstić information content (AvgIpc) is 2.28. The molecule has 0 fully saturated rings. The molecule has 1 heterocycles. The van der Waals surface area contributed by atoms with Gasteiger partial charge in [-0.15, -0.1) is 0 Å². The number of nitrogens with zero attached hydrogens (tertiary/aromatic N) is 3. The number of ether oxygens (including phenoxy) is 1.